The smallest absolute Gasteiger partial charge is 0.0956 e. The SMILES string of the molecule is CC(C#N)=C(Br)c1ccccc1. The zero-order valence-corrected chi connectivity index (χ0v) is 8.30. The van der Waals surface area contributed by atoms with Crippen molar-refractivity contribution in [3.8, 4) is 6.07 Å². The Balaban J connectivity index is 3.11. The highest BCUT2D eigenvalue weighted by Crippen LogP contribution is 2.23. The molecule has 0 radical (unpaired) electrons. The Bertz CT molecular complexity index is 333. The van der Waals surface area contributed by atoms with Gasteiger partial charge in [0.15, 0.2) is 0 Å². The highest BCUT2D eigenvalue weighted by molar-refractivity contribution is 9.15. The van der Waals surface area contributed by atoms with Crippen LogP contribution in [0.15, 0.2) is 35.9 Å². The Morgan fingerprint density at radius 1 is 1.33 bits per heavy atom. The molecular formula is C10H8BrN. The minimum Gasteiger partial charge on any atom is -0.193 e. The molecular weight excluding hydrogens is 214 g/mol. The molecule has 0 unspecified atom stereocenters. The highest BCUT2D eigenvalue weighted by Gasteiger charge is 1.99. The Hall–Kier alpha value is -1.07. The van der Waals surface area contributed by atoms with Crippen LogP contribution in [-0.2, 0) is 0 Å². The van der Waals surface area contributed by atoms with Crippen molar-refractivity contribution in [2.45, 2.75) is 6.92 Å². The molecule has 60 valence electrons. The average Bonchev–Trinajstić information content (AvgIpc) is 2.17. The molecule has 0 aliphatic heterocycles. The summed E-state index contributed by atoms with van der Waals surface area (Å²) in [5, 5.41) is 8.63. The first-order valence-electron chi connectivity index (χ1n) is 3.57. The third-order valence-corrected chi connectivity index (χ3v) is 2.58. The lowest BCUT2D eigenvalue weighted by molar-refractivity contribution is 1.45. The van der Waals surface area contributed by atoms with Gasteiger partial charge in [0.2, 0.25) is 0 Å². The number of hydrogen-bond acceptors (Lipinski definition) is 1. The van der Waals surface area contributed by atoms with Crippen molar-refractivity contribution in [1.29, 1.82) is 5.26 Å². The standard InChI is InChI=1S/C10H8BrN/c1-8(7-12)10(11)9-5-3-2-4-6-9/h2-6H,1H3. The van der Waals surface area contributed by atoms with E-state index in [0.29, 0.717) is 5.57 Å². The summed E-state index contributed by atoms with van der Waals surface area (Å²) in [4.78, 5) is 0. The van der Waals surface area contributed by atoms with Crippen LogP contribution in [0.25, 0.3) is 4.48 Å². The minimum atomic E-state index is 0.696. The second kappa shape index (κ2) is 4.08. The van der Waals surface area contributed by atoms with E-state index in [9.17, 15) is 0 Å². The summed E-state index contributed by atoms with van der Waals surface area (Å²) in [5.74, 6) is 0. The summed E-state index contributed by atoms with van der Waals surface area (Å²) < 4.78 is 0.866. The van der Waals surface area contributed by atoms with E-state index in [4.69, 9.17) is 5.26 Å². The van der Waals surface area contributed by atoms with E-state index in [-0.39, 0.29) is 0 Å². The predicted octanol–water partition coefficient (Wildman–Crippen LogP) is 3.34. The van der Waals surface area contributed by atoms with Gasteiger partial charge in [-0.2, -0.15) is 5.26 Å². The number of halogens is 1. The second-order valence-corrected chi connectivity index (χ2v) is 3.21. The fraction of sp³-hybridized carbons (Fsp3) is 0.100. The van der Waals surface area contributed by atoms with Crippen LogP contribution in [0.1, 0.15) is 12.5 Å². The van der Waals surface area contributed by atoms with Crippen molar-refractivity contribution < 1.29 is 0 Å². The van der Waals surface area contributed by atoms with Gasteiger partial charge in [0.25, 0.3) is 0 Å². The van der Waals surface area contributed by atoms with Crippen LogP contribution in [0.5, 0.6) is 0 Å². The van der Waals surface area contributed by atoms with Gasteiger partial charge in [-0.1, -0.05) is 30.3 Å². The molecule has 0 aromatic heterocycles. The number of nitriles is 1. The lowest BCUT2D eigenvalue weighted by Gasteiger charge is -1.98. The van der Waals surface area contributed by atoms with Gasteiger partial charge < -0.3 is 0 Å². The van der Waals surface area contributed by atoms with Crippen LogP contribution < -0.4 is 0 Å². The molecule has 0 fully saturated rings. The van der Waals surface area contributed by atoms with Gasteiger partial charge in [0, 0.05) is 10.1 Å². The van der Waals surface area contributed by atoms with E-state index in [1.165, 1.54) is 0 Å². The molecule has 0 atom stereocenters. The first-order valence-corrected chi connectivity index (χ1v) is 4.37. The summed E-state index contributed by atoms with van der Waals surface area (Å²) in [6, 6.07) is 11.9. The summed E-state index contributed by atoms with van der Waals surface area (Å²) >= 11 is 3.37. The number of hydrogen-bond donors (Lipinski definition) is 0. The van der Waals surface area contributed by atoms with Crippen LogP contribution in [-0.4, -0.2) is 0 Å². The molecule has 0 aliphatic rings. The van der Waals surface area contributed by atoms with E-state index in [1.54, 1.807) is 6.92 Å². The summed E-state index contributed by atoms with van der Waals surface area (Å²) in [6.07, 6.45) is 0. The Morgan fingerprint density at radius 3 is 2.42 bits per heavy atom. The van der Waals surface area contributed by atoms with Crippen LogP contribution in [0.2, 0.25) is 0 Å². The summed E-state index contributed by atoms with van der Waals surface area (Å²) in [7, 11) is 0. The fourth-order valence-electron chi connectivity index (χ4n) is 0.850. The molecule has 1 rings (SSSR count). The first kappa shape index (κ1) is 9.02. The molecule has 0 saturated carbocycles. The lowest BCUT2D eigenvalue weighted by Crippen LogP contribution is -1.78. The van der Waals surface area contributed by atoms with Gasteiger partial charge in [-0.15, -0.1) is 0 Å². The van der Waals surface area contributed by atoms with Gasteiger partial charge in [-0.05, 0) is 28.4 Å². The molecule has 1 nitrogen and oxygen atoms in total. The van der Waals surface area contributed by atoms with Crippen molar-refractivity contribution in [3.05, 3.63) is 41.5 Å². The number of allylic oxidation sites excluding steroid dienone is 1. The molecule has 1 aromatic rings. The number of nitrogens with zero attached hydrogens (tertiary/aromatic N) is 1. The predicted molar refractivity (Wildman–Crippen MR) is 53.6 cm³/mol. The molecule has 0 N–H and O–H groups in total. The van der Waals surface area contributed by atoms with Gasteiger partial charge >= 0.3 is 0 Å². The van der Waals surface area contributed by atoms with Gasteiger partial charge in [0.05, 0.1) is 6.07 Å². The molecule has 2 heteroatoms. The molecule has 0 bridgehead atoms. The Labute approximate surface area is 80.5 Å². The van der Waals surface area contributed by atoms with E-state index in [0.717, 1.165) is 10.0 Å². The molecule has 0 heterocycles. The fourth-order valence-corrected chi connectivity index (χ4v) is 1.20. The lowest BCUT2D eigenvalue weighted by atomic mass is 10.1. The number of rotatable bonds is 1. The molecule has 0 spiro atoms. The maximum Gasteiger partial charge on any atom is 0.0956 e. The summed E-state index contributed by atoms with van der Waals surface area (Å²) in [5.41, 5.74) is 1.73. The molecule has 1 aromatic carbocycles. The third-order valence-electron chi connectivity index (χ3n) is 1.52. The van der Waals surface area contributed by atoms with Crippen molar-refractivity contribution in [2.75, 3.05) is 0 Å². The van der Waals surface area contributed by atoms with Gasteiger partial charge in [-0.3, -0.25) is 0 Å². The molecule has 0 aliphatic carbocycles. The van der Waals surface area contributed by atoms with Crippen molar-refractivity contribution in [3.63, 3.8) is 0 Å². The monoisotopic (exact) mass is 221 g/mol. The maximum atomic E-state index is 8.63. The minimum absolute atomic E-state index is 0.696. The van der Waals surface area contributed by atoms with Crippen molar-refractivity contribution in [1.82, 2.24) is 0 Å². The van der Waals surface area contributed by atoms with E-state index in [2.05, 4.69) is 22.0 Å². The first-order chi connectivity index (χ1) is 5.75. The normalized spacial score (nSPS) is 11.8. The topological polar surface area (TPSA) is 23.8 Å². The Morgan fingerprint density at radius 2 is 1.92 bits per heavy atom. The van der Waals surface area contributed by atoms with E-state index < -0.39 is 0 Å². The third kappa shape index (κ3) is 1.96. The van der Waals surface area contributed by atoms with Crippen LogP contribution >= 0.6 is 15.9 Å². The largest absolute Gasteiger partial charge is 0.193 e. The van der Waals surface area contributed by atoms with Crippen LogP contribution in [0.4, 0.5) is 0 Å². The Kier molecular flexibility index (Phi) is 3.07. The quantitative estimate of drug-likeness (QED) is 0.668. The van der Waals surface area contributed by atoms with E-state index in [1.807, 2.05) is 30.3 Å². The van der Waals surface area contributed by atoms with Crippen LogP contribution in [0.3, 0.4) is 0 Å². The van der Waals surface area contributed by atoms with Gasteiger partial charge in [0.1, 0.15) is 0 Å². The van der Waals surface area contributed by atoms with Crippen LogP contribution in [0, 0.1) is 11.3 Å². The average molecular weight is 222 g/mol. The van der Waals surface area contributed by atoms with Crippen molar-refractivity contribution >= 4 is 20.4 Å². The van der Waals surface area contributed by atoms with Crippen molar-refractivity contribution in [2.24, 2.45) is 0 Å². The highest BCUT2D eigenvalue weighted by atomic mass is 79.9. The summed E-state index contributed by atoms with van der Waals surface area (Å²) in [6.45, 7) is 1.79. The molecule has 12 heavy (non-hydrogen) atoms. The maximum absolute atomic E-state index is 8.63. The molecule has 0 saturated heterocycles. The van der Waals surface area contributed by atoms with Gasteiger partial charge in [-0.25, -0.2) is 0 Å². The second-order valence-electron chi connectivity index (χ2n) is 2.42. The zero-order chi connectivity index (χ0) is 8.97. The molecule has 0 amide bonds. The zero-order valence-electron chi connectivity index (χ0n) is 6.71. The number of benzene rings is 1. The van der Waals surface area contributed by atoms with E-state index >= 15 is 0 Å².